The summed E-state index contributed by atoms with van der Waals surface area (Å²) in [5.74, 6) is -2.32. The lowest BCUT2D eigenvalue weighted by Gasteiger charge is -2.38. The second-order valence-corrected chi connectivity index (χ2v) is 14.8. The van der Waals surface area contributed by atoms with Crippen LogP contribution < -0.4 is 27.0 Å². The van der Waals surface area contributed by atoms with Crippen molar-refractivity contribution in [2.75, 3.05) is 18.0 Å². The normalized spacial score (nSPS) is 20.0. The number of carbonyl (C=O) groups excluding carboxylic acids is 4. The molecule has 3 aromatic carbocycles. The molecule has 15 heteroatoms. The van der Waals surface area contributed by atoms with Crippen molar-refractivity contribution in [3.8, 4) is 0 Å². The first-order valence-corrected chi connectivity index (χ1v) is 19.5. The fourth-order valence-corrected chi connectivity index (χ4v) is 8.49. The predicted octanol–water partition coefficient (Wildman–Crippen LogP) is 4.37. The molecule has 57 heavy (non-hydrogen) atoms. The molecule has 0 saturated carbocycles. The maximum atomic E-state index is 13.7. The minimum absolute atomic E-state index is 0.266. The molecular formula is C42H53N7O8. The fraction of sp³-hybridized carbons (Fsp3) is 0.429. The van der Waals surface area contributed by atoms with E-state index in [2.05, 4.69) is 15.5 Å². The largest absolute Gasteiger partial charge is 0.465 e. The predicted molar refractivity (Wildman–Crippen MR) is 213 cm³/mol. The summed E-state index contributed by atoms with van der Waals surface area (Å²) in [6.07, 6.45) is 0.732. The number of benzene rings is 3. The third-order valence-corrected chi connectivity index (χ3v) is 11.2. The number of hydrogen-bond acceptors (Lipinski definition) is 7. The van der Waals surface area contributed by atoms with E-state index >= 15 is 0 Å². The van der Waals surface area contributed by atoms with E-state index in [4.69, 9.17) is 11.5 Å². The molecule has 8 N–H and O–H groups in total. The number of anilines is 1. The Kier molecular flexibility index (Phi) is 13.4. The fourth-order valence-electron chi connectivity index (χ4n) is 8.49. The molecule has 5 rings (SSSR count). The van der Waals surface area contributed by atoms with E-state index in [0.29, 0.717) is 62.7 Å². The van der Waals surface area contributed by atoms with Crippen molar-refractivity contribution in [1.29, 1.82) is 0 Å². The lowest BCUT2D eigenvalue weighted by molar-refractivity contribution is -0.145. The van der Waals surface area contributed by atoms with Crippen molar-refractivity contribution in [1.82, 2.24) is 20.4 Å². The number of para-hydroxylation sites is 1. The van der Waals surface area contributed by atoms with Crippen LogP contribution in [0.15, 0.2) is 78.9 Å². The maximum Gasteiger partial charge on any atom is 0.405 e. The van der Waals surface area contributed by atoms with Gasteiger partial charge in [-0.1, -0.05) is 93.4 Å². The van der Waals surface area contributed by atoms with Crippen LogP contribution in [0.5, 0.6) is 0 Å². The quantitative estimate of drug-likeness (QED) is 0.114. The van der Waals surface area contributed by atoms with Crippen LogP contribution in [0.2, 0.25) is 0 Å². The molecule has 0 unspecified atom stereocenters. The van der Waals surface area contributed by atoms with Crippen LogP contribution >= 0.6 is 0 Å². The molecule has 6 amide bonds. The first-order valence-electron chi connectivity index (χ1n) is 19.5. The van der Waals surface area contributed by atoms with Gasteiger partial charge in [0.2, 0.25) is 23.6 Å². The van der Waals surface area contributed by atoms with Crippen molar-refractivity contribution in [3.63, 3.8) is 0 Å². The van der Waals surface area contributed by atoms with Gasteiger partial charge in [0.05, 0.1) is 0 Å². The zero-order chi connectivity index (χ0) is 41.3. The van der Waals surface area contributed by atoms with Crippen LogP contribution in [0.25, 0.3) is 0 Å². The van der Waals surface area contributed by atoms with Crippen molar-refractivity contribution >= 4 is 41.5 Å². The maximum absolute atomic E-state index is 13.7. The third kappa shape index (κ3) is 8.82. The van der Waals surface area contributed by atoms with E-state index in [-0.39, 0.29) is 25.9 Å². The summed E-state index contributed by atoms with van der Waals surface area (Å²) in [7, 11) is 0. The minimum atomic E-state index is -1.42. The molecule has 4 atom stereocenters. The number of amides is 6. The van der Waals surface area contributed by atoms with Gasteiger partial charge in [-0.15, -0.1) is 0 Å². The average molecular weight is 784 g/mol. The van der Waals surface area contributed by atoms with Gasteiger partial charge in [-0.05, 0) is 72.9 Å². The Hall–Kier alpha value is -6.12. The van der Waals surface area contributed by atoms with E-state index < -0.39 is 59.0 Å². The van der Waals surface area contributed by atoms with E-state index in [9.17, 15) is 39.0 Å². The Morgan fingerprint density at radius 2 is 1.04 bits per heavy atom. The standard InChI is InChI=1S/C42H53N7O8/c1-3-10-33(45-39(54)55)35(50)48-24-8-22-41(48,37(43)52)30-18-14-28(15-19-30)26-47(32-12-6-5-7-13-32)27-29-16-20-31(21-17-29)42(38(44)53)23-9-25-49(42)36(51)34(11-4-2)46-40(56)57/h5-7,12-21,33-34,45-46H,3-4,8-11,22-27H2,1-2H3,(H2,43,52)(H2,44,53)(H,54,55)(H,56,57)/t33-,34-,41-,42-/m0/s1. The lowest BCUT2D eigenvalue weighted by Crippen LogP contribution is -2.58. The van der Waals surface area contributed by atoms with E-state index in [0.717, 1.165) is 16.8 Å². The van der Waals surface area contributed by atoms with Gasteiger partial charge in [0.25, 0.3) is 0 Å². The highest BCUT2D eigenvalue weighted by Gasteiger charge is 2.52. The van der Waals surface area contributed by atoms with E-state index in [1.807, 2.05) is 68.4 Å². The van der Waals surface area contributed by atoms with Crippen molar-refractivity contribution in [3.05, 3.63) is 101 Å². The Balaban J connectivity index is 1.40. The van der Waals surface area contributed by atoms with Gasteiger partial charge in [0.15, 0.2) is 0 Å². The van der Waals surface area contributed by atoms with Crippen LogP contribution in [0.4, 0.5) is 15.3 Å². The van der Waals surface area contributed by atoms with Crippen LogP contribution in [0, 0.1) is 0 Å². The Bertz CT molecular complexity index is 1810. The van der Waals surface area contributed by atoms with Gasteiger partial charge in [0.1, 0.15) is 23.2 Å². The summed E-state index contributed by atoms with van der Waals surface area (Å²) >= 11 is 0. The van der Waals surface area contributed by atoms with Gasteiger partial charge in [0, 0.05) is 31.9 Å². The second-order valence-electron chi connectivity index (χ2n) is 14.8. The number of hydrogen-bond donors (Lipinski definition) is 6. The SMILES string of the molecule is CCC[C@H](NC(=O)O)C(=O)N1CCC[C@@]1(C(N)=O)c1ccc(CN(Cc2ccc([C@]3(C(N)=O)CCCN3C(=O)[C@H](CCC)NC(=O)O)cc2)c2ccccc2)cc1. The summed E-state index contributed by atoms with van der Waals surface area (Å²) in [5, 5.41) is 23.4. The average Bonchev–Trinajstić information content (AvgIpc) is 3.85. The highest BCUT2D eigenvalue weighted by Crippen LogP contribution is 2.41. The summed E-state index contributed by atoms with van der Waals surface area (Å²) < 4.78 is 0. The topological polar surface area (TPSA) is 229 Å². The summed E-state index contributed by atoms with van der Waals surface area (Å²) in [6.45, 7) is 5.15. The molecule has 0 bridgehead atoms. The monoisotopic (exact) mass is 783 g/mol. The highest BCUT2D eigenvalue weighted by molar-refractivity contribution is 5.96. The molecule has 15 nitrogen and oxygen atoms in total. The third-order valence-electron chi connectivity index (χ3n) is 11.2. The van der Waals surface area contributed by atoms with Gasteiger partial charge in [-0.3, -0.25) is 19.2 Å². The molecule has 0 spiro atoms. The number of rotatable bonds is 17. The Labute approximate surface area is 332 Å². The van der Waals surface area contributed by atoms with E-state index in [1.54, 1.807) is 24.3 Å². The molecule has 2 fully saturated rings. The summed E-state index contributed by atoms with van der Waals surface area (Å²) in [5.41, 5.74) is 13.1. The zero-order valence-electron chi connectivity index (χ0n) is 32.5. The second kappa shape index (κ2) is 18.2. The van der Waals surface area contributed by atoms with Crippen LogP contribution in [-0.2, 0) is 43.3 Å². The highest BCUT2D eigenvalue weighted by atomic mass is 16.4. The van der Waals surface area contributed by atoms with Gasteiger partial charge in [-0.25, -0.2) is 9.59 Å². The minimum Gasteiger partial charge on any atom is -0.465 e. The summed E-state index contributed by atoms with van der Waals surface area (Å²) in [6, 6.07) is 22.6. The first-order chi connectivity index (χ1) is 27.3. The Morgan fingerprint density at radius 1 is 0.649 bits per heavy atom. The van der Waals surface area contributed by atoms with Crippen LogP contribution in [-0.4, -0.2) is 81.0 Å². The molecule has 2 aliphatic heterocycles. The first kappa shape index (κ1) is 42.0. The Morgan fingerprint density at radius 3 is 1.37 bits per heavy atom. The molecule has 2 saturated heterocycles. The van der Waals surface area contributed by atoms with Gasteiger partial charge in [-0.2, -0.15) is 0 Å². The molecule has 2 heterocycles. The molecule has 304 valence electrons. The van der Waals surface area contributed by atoms with Crippen LogP contribution in [0.3, 0.4) is 0 Å². The smallest absolute Gasteiger partial charge is 0.405 e. The number of likely N-dealkylation sites (tertiary alicyclic amines) is 2. The summed E-state index contributed by atoms with van der Waals surface area (Å²) in [4.78, 5) is 81.9. The molecule has 0 aliphatic carbocycles. The number of nitrogens with two attached hydrogens (primary N) is 2. The molecule has 3 aromatic rings. The van der Waals surface area contributed by atoms with Crippen molar-refractivity contribution in [2.45, 2.75) is 101 Å². The molecule has 2 aliphatic rings. The van der Waals surface area contributed by atoms with Crippen molar-refractivity contribution in [2.24, 2.45) is 11.5 Å². The number of carbonyl (C=O) groups is 6. The molecule has 0 radical (unpaired) electrons. The number of nitrogens with zero attached hydrogens (tertiary/aromatic N) is 3. The van der Waals surface area contributed by atoms with Crippen LogP contribution in [0.1, 0.15) is 87.5 Å². The number of nitrogens with one attached hydrogen (secondary N) is 2. The van der Waals surface area contributed by atoms with Gasteiger partial charge < -0.3 is 47.0 Å². The molecular weight excluding hydrogens is 731 g/mol. The van der Waals surface area contributed by atoms with Crippen molar-refractivity contribution < 1.29 is 39.0 Å². The van der Waals surface area contributed by atoms with E-state index in [1.165, 1.54) is 9.80 Å². The number of carboxylic acid groups (broad SMARTS) is 2. The molecule has 0 aromatic heterocycles. The number of primary amides is 2. The van der Waals surface area contributed by atoms with Gasteiger partial charge >= 0.3 is 12.2 Å². The lowest BCUT2D eigenvalue weighted by atomic mass is 9.85. The zero-order valence-corrected chi connectivity index (χ0v) is 32.5.